The van der Waals surface area contributed by atoms with Gasteiger partial charge in [0.1, 0.15) is 5.75 Å². The van der Waals surface area contributed by atoms with Crippen LogP contribution in [-0.2, 0) is 11.3 Å². The van der Waals surface area contributed by atoms with Gasteiger partial charge < -0.3 is 10.1 Å². The zero-order valence-corrected chi connectivity index (χ0v) is 16.5. The van der Waals surface area contributed by atoms with Crippen molar-refractivity contribution in [3.05, 3.63) is 108 Å². The predicted molar refractivity (Wildman–Crippen MR) is 116 cm³/mol. The molecule has 4 rings (SSSR count). The lowest BCUT2D eigenvalue weighted by molar-refractivity contribution is -0.111. The fourth-order valence-corrected chi connectivity index (χ4v) is 2.92. The number of ether oxygens (including phenoxy) is 1. The molecule has 2 aromatic carbocycles. The number of nitrogens with one attached hydrogen (secondary N) is 1. The van der Waals surface area contributed by atoms with Crippen LogP contribution >= 0.6 is 0 Å². The minimum Gasteiger partial charge on any atom is -0.453 e. The Morgan fingerprint density at radius 2 is 2.03 bits per heavy atom. The van der Waals surface area contributed by atoms with Gasteiger partial charge in [-0.1, -0.05) is 18.2 Å². The maximum absolute atomic E-state index is 14.3. The SMILES string of the molecule is O=C(/C=C/c1ccc(Oc2cccnc2)c(F)c1)Nc1cccc(Cn2cccn2)c1. The third-order valence-electron chi connectivity index (χ3n) is 4.34. The number of nitrogens with zero attached hydrogens (tertiary/aromatic N) is 3. The van der Waals surface area contributed by atoms with E-state index in [2.05, 4.69) is 15.4 Å². The summed E-state index contributed by atoms with van der Waals surface area (Å²) in [5, 5.41) is 6.99. The normalized spacial score (nSPS) is 10.9. The Hall–Kier alpha value is -4.26. The zero-order chi connectivity index (χ0) is 21.5. The number of amides is 1. The fourth-order valence-electron chi connectivity index (χ4n) is 2.92. The highest BCUT2D eigenvalue weighted by Crippen LogP contribution is 2.24. The minimum atomic E-state index is -0.530. The van der Waals surface area contributed by atoms with Gasteiger partial charge in [-0.2, -0.15) is 5.10 Å². The molecular weight excluding hydrogens is 395 g/mol. The van der Waals surface area contributed by atoms with Crippen LogP contribution in [0.4, 0.5) is 10.1 Å². The molecule has 31 heavy (non-hydrogen) atoms. The summed E-state index contributed by atoms with van der Waals surface area (Å²) < 4.78 is 21.6. The molecule has 0 fully saturated rings. The molecule has 0 aliphatic carbocycles. The molecule has 154 valence electrons. The molecule has 0 bridgehead atoms. The average Bonchev–Trinajstić information content (AvgIpc) is 3.28. The first-order chi connectivity index (χ1) is 15.2. The first-order valence-corrected chi connectivity index (χ1v) is 9.58. The number of hydrogen-bond donors (Lipinski definition) is 1. The molecule has 0 unspecified atom stereocenters. The van der Waals surface area contributed by atoms with Crippen LogP contribution in [0.3, 0.4) is 0 Å². The van der Waals surface area contributed by atoms with E-state index in [4.69, 9.17) is 4.74 Å². The van der Waals surface area contributed by atoms with Gasteiger partial charge in [0.05, 0.1) is 12.7 Å². The van der Waals surface area contributed by atoms with E-state index < -0.39 is 5.82 Å². The van der Waals surface area contributed by atoms with Gasteiger partial charge in [-0.05, 0) is 59.7 Å². The molecule has 2 heterocycles. The molecule has 0 aliphatic rings. The van der Waals surface area contributed by atoms with Gasteiger partial charge >= 0.3 is 0 Å². The molecule has 0 atom stereocenters. The van der Waals surface area contributed by atoms with E-state index in [0.717, 1.165) is 5.56 Å². The number of aromatic nitrogens is 3. The van der Waals surface area contributed by atoms with Crippen molar-refractivity contribution in [1.82, 2.24) is 14.8 Å². The molecule has 6 nitrogen and oxygen atoms in total. The maximum Gasteiger partial charge on any atom is 0.248 e. The summed E-state index contributed by atoms with van der Waals surface area (Å²) >= 11 is 0. The third-order valence-corrected chi connectivity index (χ3v) is 4.34. The van der Waals surface area contributed by atoms with Crippen molar-refractivity contribution in [2.24, 2.45) is 0 Å². The van der Waals surface area contributed by atoms with Crippen LogP contribution in [0.15, 0.2) is 91.5 Å². The molecule has 4 aromatic rings. The molecule has 0 aliphatic heterocycles. The number of anilines is 1. The van der Waals surface area contributed by atoms with E-state index in [0.29, 0.717) is 23.5 Å². The van der Waals surface area contributed by atoms with Gasteiger partial charge in [-0.15, -0.1) is 0 Å². The van der Waals surface area contributed by atoms with Crippen molar-refractivity contribution in [3.8, 4) is 11.5 Å². The summed E-state index contributed by atoms with van der Waals surface area (Å²) in [5.41, 5.74) is 2.22. The Labute approximate surface area is 178 Å². The van der Waals surface area contributed by atoms with Crippen LogP contribution in [0.2, 0.25) is 0 Å². The molecule has 0 radical (unpaired) electrons. The second-order valence-corrected chi connectivity index (χ2v) is 6.71. The maximum atomic E-state index is 14.3. The van der Waals surface area contributed by atoms with Crippen molar-refractivity contribution in [2.45, 2.75) is 6.54 Å². The smallest absolute Gasteiger partial charge is 0.248 e. The summed E-state index contributed by atoms with van der Waals surface area (Å²) in [7, 11) is 0. The molecule has 1 N–H and O–H groups in total. The largest absolute Gasteiger partial charge is 0.453 e. The van der Waals surface area contributed by atoms with E-state index in [1.807, 2.05) is 36.5 Å². The van der Waals surface area contributed by atoms with Crippen LogP contribution in [0, 0.1) is 5.82 Å². The predicted octanol–water partition coefficient (Wildman–Crippen LogP) is 4.91. The lowest BCUT2D eigenvalue weighted by atomic mass is 10.2. The minimum absolute atomic E-state index is 0.0867. The molecule has 7 heteroatoms. The topological polar surface area (TPSA) is 69.0 Å². The van der Waals surface area contributed by atoms with Gasteiger partial charge in [0.2, 0.25) is 5.91 Å². The second-order valence-electron chi connectivity index (χ2n) is 6.71. The lowest BCUT2D eigenvalue weighted by Gasteiger charge is -2.07. The number of carbonyl (C=O) groups is 1. The first kappa shape index (κ1) is 20.0. The molecule has 0 spiro atoms. The first-order valence-electron chi connectivity index (χ1n) is 9.58. The summed E-state index contributed by atoms with van der Waals surface area (Å²) in [6.45, 7) is 0.610. The Kier molecular flexibility index (Phi) is 6.13. The molecular formula is C24H19FN4O2. The van der Waals surface area contributed by atoms with E-state index >= 15 is 0 Å². The van der Waals surface area contributed by atoms with Crippen LogP contribution in [0.5, 0.6) is 11.5 Å². The van der Waals surface area contributed by atoms with Gasteiger partial charge in [0, 0.05) is 30.4 Å². The summed E-state index contributed by atoms with van der Waals surface area (Å²) in [4.78, 5) is 16.2. The van der Waals surface area contributed by atoms with E-state index in [1.165, 1.54) is 24.4 Å². The van der Waals surface area contributed by atoms with Crippen molar-refractivity contribution in [2.75, 3.05) is 5.32 Å². The van der Waals surface area contributed by atoms with E-state index in [-0.39, 0.29) is 11.7 Å². The Morgan fingerprint density at radius 3 is 2.81 bits per heavy atom. The monoisotopic (exact) mass is 414 g/mol. The number of halogens is 1. The number of rotatable bonds is 7. The Morgan fingerprint density at radius 1 is 1.10 bits per heavy atom. The average molecular weight is 414 g/mol. The van der Waals surface area contributed by atoms with Crippen LogP contribution in [0.25, 0.3) is 6.08 Å². The highest BCUT2D eigenvalue weighted by molar-refractivity contribution is 6.01. The summed E-state index contributed by atoms with van der Waals surface area (Å²) in [6, 6.07) is 17.3. The standard InChI is InChI=1S/C24H19FN4O2/c25-22-15-18(7-9-23(22)31-21-6-2-11-26-16-21)8-10-24(30)28-20-5-1-4-19(14-20)17-29-13-3-12-27-29/h1-16H,17H2,(H,28,30)/b10-8+. The molecule has 1 amide bonds. The quantitative estimate of drug-likeness (QED) is 0.436. The molecule has 0 saturated carbocycles. The fraction of sp³-hybridized carbons (Fsp3) is 0.0417. The number of benzene rings is 2. The van der Waals surface area contributed by atoms with E-state index in [9.17, 15) is 9.18 Å². The lowest BCUT2D eigenvalue weighted by Crippen LogP contribution is -2.08. The summed E-state index contributed by atoms with van der Waals surface area (Å²) in [6.07, 6.45) is 9.60. The number of pyridine rings is 1. The summed E-state index contributed by atoms with van der Waals surface area (Å²) in [5.74, 6) is -0.312. The van der Waals surface area contributed by atoms with Gasteiger partial charge in [0.15, 0.2) is 11.6 Å². The van der Waals surface area contributed by atoms with Gasteiger partial charge in [-0.25, -0.2) is 4.39 Å². The van der Waals surface area contributed by atoms with Crippen molar-refractivity contribution < 1.29 is 13.9 Å². The highest BCUT2D eigenvalue weighted by Gasteiger charge is 2.06. The van der Waals surface area contributed by atoms with Crippen molar-refractivity contribution in [3.63, 3.8) is 0 Å². The Balaban J connectivity index is 1.37. The van der Waals surface area contributed by atoms with E-state index in [1.54, 1.807) is 41.4 Å². The highest BCUT2D eigenvalue weighted by atomic mass is 19.1. The van der Waals surface area contributed by atoms with Gasteiger partial charge in [0.25, 0.3) is 0 Å². The van der Waals surface area contributed by atoms with Crippen LogP contribution in [-0.4, -0.2) is 20.7 Å². The third kappa shape index (κ3) is 5.63. The van der Waals surface area contributed by atoms with Crippen LogP contribution in [0.1, 0.15) is 11.1 Å². The molecule has 2 aromatic heterocycles. The van der Waals surface area contributed by atoms with Crippen molar-refractivity contribution >= 4 is 17.7 Å². The Bertz CT molecular complexity index is 1190. The zero-order valence-electron chi connectivity index (χ0n) is 16.5. The van der Waals surface area contributed by atoms with Crippen LogP contribution < -0.4 is 10.1 Å². The number of carbonyl (C=O) groups excluding carboxylic acids is 1. The van der Waals surface area contributed by atoms with Gasteiger partial charge in [-0.3, -0.25) is 14.5 Å². The molecule has 0 saturated heterocycles. The van der Waals surface area contributed by atoms with Crippen molar-refractivity contribution in [1.29, 1.82) is 0 Å². The second kappa shape index (κ2) is 9.49. The number of hydrogen-bond acceptors (Lipinski definition) is 4.